The van der Waals surface area contributed by atoms with Gasteiger partial charge in [-0.25, -0.2) is 14.4 Å². The van der Waals surface area contributed by atoms with Crippen molar-refractivity contribution in [3.63, 3.8) is 0 Å². The molecule has 2 aromatic carbocycles. The van der Waals surface area contributed by atoms with E-state index in [1.165, 1.54) is 51.2 Å². The van der Waals surface area contributed by atoms with E-state index in [0.717, 1.165) is 27.9 Å². The fourth-order valence-electron chi connectivity index (χ4n) is 5.77. The molecule has 1 aliphatic rings. The number of aliphatic hydroxyl groups excluding tert-OH is 1. The number of urea groups is 1. The van der Waals surface area contributed by atoms with Crippen molar-refractivity contribution in [3.05, 3.63) is 105 Å². The Hall–Kier alpha value is -6.67. The number of phenols is 2. The van der Waals surface area contributed by atoms with Gasteiger partial charge < -0.3 is 57.1 Å². The minimum atomic E-state index is -1.52. The van der Waals surface area contributed by atoms with E-state index in [1.54, 1.807) is 18.2 Å². The van der Waals surface area contributed by atoms with Gasteiger partial charge in [0, 0.05) is 38.4 Å². The van der Waals surface area contributed by atoms with Gasteiger partial charge >= 0.3 is 17.7 Å². The van der Waals surface area contributed by atoms with E-state index in [1.807, 2.05) is 0 Å². The third-order valence-corrected chi connectivity index (χ3v) is 8.91. The molecule has 0 saturated carbocycles. The van der Waals surface area contributed by atoms with Crippen LogP contribution in [0.5, 0.6) is 11.5 Å². The summed E-state index contributed by atoms with van der Waals surface area (Å²) in [6, 6.07) is 5.42. The number of nitrogens with two attached hydrogens (primary N) is 1. The second-order valence-electron chi connectivity index (χ2n) is 13.2. The Morgan fingerprint density at radius 2 is 1.59 bits per heavy atom. The third-order valence-electron chi connectivity index (χ3n) is 8.91. The smallest absolute Gasteiger partial charge is 0.331 e. The van der Waals surface area contributed by atoms with Crippen molar-refractivity contribution < 1.29 is 49.1 Å². The van der Waals surface area contributed by atoms with E-state index in [-0.39, 0.29) is 36.5 Å². The van der Waals surface area contributed by atoms with Gasteiger partial charge in [-0.1, -0.05) is 24.3 Å². The number of likely N-dealkylation sites (N-methyl/N-ethyl adjacent to an activating group) is 1. The number of carboxylic acid groups (broad SMARTS) is 1. The Kier molecular flexibility index (Phi) is 14.0. The number of hydrogen-bond acceptors (Lipinski definition) is 12. The van der Waals surface area contributed by atoms with Crippen molar-refractivity contribution in [2.24, 2.45) is 5.73 Å². The van der Waals surface area contributed by atoms with E-state index < -0.39 is 83.5 Å². The highest BCUT2D eigenvalue weighted by Crippen LogP contribution is 2.29. The number of carboxylic acids is 1. The molecule has 5 amide bonds. The molecule has 56 heavy (non-hydrogen) atoms. The average Bonchev–Trinajstić information content (AvgIpc) is 3.50. The van der Waals surface area contributed by atoms with Crippen LogP contribution < -0.4 is 38.2 Å². The number of carbonyl (C=O) groups excluding carboxylic acids is 4. The Morgan fingerprint density at radius 3 is 2.18 bits per heavy atom. The Labute approximate surface area is 319 Å². The lowest BCUT2D eigenvalue weighted by atomic mass is 10.0. The van der Waals surface area contributed by atoms with Crippen LogP contribution in [0, 0.1) is 0 Å². The number of ether oxygens (including phenoxy) is 1. The average molecular weight is 781 g/mol. The van der Waals surface area contributed by atoms with Gasteiger partial charge in [-0.15, -0.1) is 0 Å². The Morgan fingerprint density at radius 1 is 0.964 bits per heavy atom. The topological polar surface area (TPSA) is 308 Å². The molecule has 4 rings (SSSR count). The molecule has 0 bridgehead atoms. The molecule has 1 fully saturated rings. The van der Waals surface area contributed by atoms with Gasteiger partial charge in [-0.2, -0.15) is 0 Å². The number of aromatic amines is 1. The molecule has 0 spiro atoms. The highest BCUT2D eigenvalue weighted by Gasteiger charge is 2.36. The zero-order valence-corrected chi connectivity index (χ0v) is 30.5. The summed E-state index contributed by atoms with van der Waals surface area (Å²) in [5.74, 6) is -3.90. The van der Waals surface area contributed by atoms with Gasteiger partial charge in [-0.3, -0.25) is 28.7 Å². The first-order valence-corrected chi connectivity index (χ1v) is 17.3. The van der Waals surface area contributed by atoms with E-state index in [2.05, 4.69) is 26.3 Å². The van der Waals surface area contributed by atoms with Crippen LogP contribution in [-0.2, 0) is 36.8 Å². The fraction of sp³-hybridized carbons (Fsp3) is 0.361. The zero-order valence-electron chi connectivity index (χ0n) is 30.5. The summed E-state index contributed by atoms with van der Waals surface area (Å²) in [5, 5.41) is 49.3. The maximum atomic E-state index is 13.7. The van der Waals surface area contributed by atoms with Crippen LogP contribution in [0.15, 0.2) is 82.3 Å². The number of aliphatic hydroxyl groups is 1. The molecule has 7 unspecified atom stereocenters. The lowest BCUT2D eigenvalue weighted by Crippen LogP contribution is -2.61. The predicted molar refractivity (Wildman–Crippen MR) is 197 cm³/mol. The van der Waals surface area contributed by atoms with Crippen molar-refractivity contribution in [1.82, 2.24) is 35.7 Å². The molecule has 2 heterocycles. The van der Waals surface area contributed by atoms with Crippen LogP contribution >= 0.6 is 0 Å². The molecule has 11 N–H and O–H groups in total. The maximum Gasteiger partial charge on any atom is 0.331 e. The first kappa shape index (κ1) is 42.1. The predicted octanol–water partition coefficient (Wildman–Crippen LogP) is -1.53. The molecule has 1 aromatic heterocycles. The largest absolute Gasteiger partial charge is 0.508 e. The van der Waals surface area contributed by atoms with Crippen LogP contribution in [0.2, 0.25) is 0 Å². The molecule has 7 atom stereocenters. The van der Waals surface area contributed by atoms with E-state index in [4.69, 9.17) is 10.5 Å². The molecule has 1 saturated heterocycles. The summed E-state index contributed by atoms with van der Waals surface area (Å²) in [6.45, 7) is 2.73. The van der Waals surface area contributed by atoms with Gasteiger partial charge in [0.25, 0.3) is 5.56 Å². The molecule has 20 heteroatoms. The summed E-state index contributed by atoms with van der Waals surface area (Å²) >= 11 is 0. The molecule has 1 aliphatic heterocycles. The quantitative estimate of drug-likeness (QED) is 0.0839. The van der Waals surface area contributed by atoms with E-state index >= 15 is 0 Å². The second kappa shape index (κ2) is 18.6. The fourth-order valence-corrected chi connectivity index (χ4v) is 5.77. The van der Waals surface area contributed by atoms with Gasteiger partial charge in [-0.05, 0) is 55.7 Å². The van der Waals surface area contributed by atoms with Crippen LogP contribution in [0.25, 0.3) is 0 Å². The first-order chi connectivity index (χ1) is 26.4. The number of H-pyrrole nitrogens is 1. The molecule has 0 radical (unpaired) electrons. The van der Waals surface area contributed by atoms with Crippen LogP contribution in [0.3, 0.4) is 0 Å². The van der Waals surface area contributed by atoms with Crippen molar-refractivity contribution in [2.75, 3.05) is 7.05 Å². The number of aromatic hydroxyl groups is 2. The normalized spacial score (nSPS) is 18.3. The number of nitrogens with one attached hydrogen (secondary N) is 5. The minimum absolute atomic E-state index is 0.0228. The lowest BCUT2D eigenvalue weighted by molar-refractivity contribution is -0.139. The minimum Gasteiger partial charge on any atom is -0.508 e. The third kappa shape index (κ3) is 11.2. The van der Waals surface area contributed by atoms with E-state index in [9.17, 15) is 54.0 Å². The number of nitrogens with zero attached hydrogens (tertiary/aromatic N) is 2. The van der Waals surface area contributed by atoms with Crippen LogP contribution in [-0.4, -0.2) is 108 Å². The Balaban J connectivity index is 1.49. The number of rotatable bonds is 15. The summed E-state index contributed by atoms with van der Waals surface area (Å²) in [7, 11) is 1.36. The highest BCUT2D eigenvalue weighted by molar-refractivity contribution is 5.93. The second-order valence-corrected chi connectivity index (χ2v) is 13.2. The summed E-state index contributed by atoms with van der Waals surface area (Å²) in [6.07, 6.45) is -0.601. The number of amides is 5. The molecule has 0 aliphatic carbocycles. The van der Waals surface area contributed by atoms with Gasteiger partial charge in [0.15, 0.2) is 0 Å². The Bertz CT molecular complexity index is 2080. The SMILES string of the molecule is CC(NC(=O)NC(Cc1cccc(O)c1)C(=O)O)C(=O)NC(C(=O)NC=C1CC(O)C(n2ccc(=O)[nH]c2=O)O1)C(C)N(C)C(=O)C(N)Cc1cccc(O)c1. The number of phenolic OH excluding ortho intramolecular Hbond substituents is 2. The standard InChI is InChI=1S/C36H44N8O12/c1-18(39-35(54)40-26(34(52)53)15-21-7-5-9-23(46)13-21)30(49)42-29(19(2)43(3)32(51)25(37)14-20-6-4-8-22(45)12-20)31(50)38-17-24-16-27(47)33(56-24)44-11-10-28(48)41-36(44)55/h4-13,17-19,25-27,29,33,45-47H,14-16,37H2,1-3H3,(H,38,50)(H,42,49)(H,52,53)(H2,39,40,54)(H,41,48,55). The van der Waals surface area contributed by atoms with Gasteiger partial charge in [0.1, 0.15) is 41.5 Å². The first-order valence-electron chi connectivity index (χ1n) is 17.3. The zero-order chi connectivity index (χ0) is 41.3. The van der Waals surface area contributed by atoms with Crippen molar-refractivity contribution >= 4 is 29.7 Å². The molecular weight excluding hydrogens is 736 g/mol. The molecular formula is C36H44N8O12. The van der Waals surface area contributed by atoms with Gasteiger partial charge in [0.05, 0.1) is 12.1 Å². The summed E-state index contributed by atoms with van der Waals surface area (Å²) in [5.41, 5.74) is 5.68. The molecule has 300 valence electrons. The van der Waals surface area contributed by atoms with Crippen molar-refractivity contribution in [2.45, 2.75) is 75.7 Å². The summed E-state index contributed by atoms with van der Waals surface area (Å²) < 4.78 is 6.60. The van der Waals surface area contributed by atoms with Gasteiger partial charge in [0.2, 0.25) is 23.9 Å². The van der Waals surface area contributed by atoms with Crippen LogP contribution in [0.4, 0.5) is 4.79 Å². The molecule has 20 nitrogen and oxygen atoms in total. The van der Waals surface area contributed by atoms with Crippen molar-refractivity contribution in [3.8, 4) is 11.5 Å². The lowest BCUT2D eigenvalue weighted by Gasteiger charge is -2.33. The van der Waals surface area contributed by atoms with Crippen molar-refractivity contribution in [1.29, 1.82) is 0 Å². The number of aromatic nitrogens is 2. The molecule has 3 aromatic rings. The monoisotopic (exact) mass is 780 g/mol. The van der Waals surface area contributed by atoms with E-state index in [0.29, 0.717) is 11.1 Å². The number of hydrogen-bond donors (Lipinski definition) is 10. The number of benzene rings is 2. The number of carbonyl (C=O) groups is 5. The summed E-state index contributed by atoms with van der Waals surface area (Å²) in [4.78, 5) is 92.2. The number of aliphatic carboxylic acids is 1. The highest BCUT2D eigenvalue weighted by atomic mass is 16.5. The maximum absolute atomic E-state index is 13.7. The van der Waals surface area contributed by atoms with Crippen LogP contribution in [0.1, 0.15) is 37.6 Å².